The Morgan fingerprint density at radius 1 is 1.10 bits per heavy atom. The lowest BCUT2D eigenvalue weighted by Gasteiger charge is -2.36. The van der Waals surface area contributed by atoms with Gasteiger partial charge in [-0.15, -0.1) is 0 Å². The van der Waals surface area contributed by atoms with Gasteiger partial charge in [0.1, 0.15) is 11.8 Å². The number of aliphatic carboxylic acids is 1. The number of ether oxygens (including phenoxy) is 1. The summed E-state index contributed by atoms with van der Waals surface area (Å²) < 4.78 is 5.62. The van der Waals surface area contributed by atoms with Crippen LogP contribution in [0.2, 0.25) is 0 Å². The minimum atomic E-state index is -1.02. The lowest BCUT2D eigenvalue weighted by molar-refractivity contribution is -0.151. The average molecular weight is 394 g/mol. The highest BCUT2D eigenvalue weighted by atomic mass is 16.5. The van der Waals surface area contributed by atoms with Gasteiger partial charge in [-0.3, -0.25) is 9.59 Å². The van der Waals surface area contributed by atoms with Crippen LogP contribution < -0.4 is 9.64 Å². The first-order valence-electron chi connectivity index (χ1n) is 9.62. The Kier molecular flexibility index (Phi) is 4.96. The van der Waals surface area contributed by atoms with Gasteiger partial charge in [-0.25, -0.2) is 4.79 Å². The van der Waals surface area contributed by atoms with Crippen molar-refractivity contribution in [1.82, 2.24) is 4.90 Å². The number of benzene rings is 2. The maximum atomic E-state index is 13.0. The molecule has 2 aliphatic heterocycles. The fourth-order valence-corrected chi connectivity index (χ4v) is 3.95. The first-order valence-corrected chi connectivity index (χ1v) is 9.62. The highest BCUT2D eigenvalue weighted by Crippen LogP contribution is 2.34. The molecule has 2 amide bonds. The van der Waals surface area contributed by atoms with Crippen molar-refractivity contribution in [2.24, 2.45) is 0 Å². The standard InChI is InChI=1S/C22H22N2O5/c1-14-21(26)23(17-8-4-5-9-19(17)29-14)11-10-20(25)24-13-16-7-3-2-6-15(16)12-18(24)22(27)28/h2-9,14,18H,10-13H2,1H3,(H,27,28)/t14-,18-/m0/s1. The van der Waals surface area contributed by atoms with E-state index in [4.69, 9.17) is 4.74 Å². The number of anilines is 1. The summed E-state index contributed by atoms with van der Waals surface area (Å²) in [5.74, 6) is -0.914. The summed E-state index contributed by atoms with van der Waals surface area (Å²) in [7, 11) is 0. The second-order valence-electron chi connectivity index (χ2n) is 7.32. The third-order valence-electron chi connectivity index (χ3n) is 5.48. The third kappa shape index (κ3) is 3.55. The lowest BCUT2D eigenvalue weighted by atomic mass is 9.93. The van der Waals surface area contributed by atoms with Crippen molar-refractivity contribution >= 4 is 23.5 Å². The van der Waals surface area contributed by atoms with Crippen LogP contribution in [0.4, 0.5) is 5.69 Å². The lowest BCUT2D eigenvalue weighted by Crippen LogP contribution is -2.50. The van der Waals surface area contributed by atoms with Gasteiger partial charge in [0.05, 0.1) is 5.69 Å². The summed E-state index contributed by atoms with van der Waals surface area (Å²) in [6.45, 7) is 2.11. The van der Waals surface area contributed by atoms with Crippen LogP contribution in [-0.2, 0) is 27.3 Å². The van der Waals surface area contributed by atoms with Gasteiger partial charge in [0.2, 0.25) is 5.91 Å². The van der Waals surface area contributed by atoms with Gasteiger partial charge in [-0.2, -0.15) is 0 Å². The molecule has 2 heterocycles. The van der Waals surface area contributed by atoms with E-state index in [-0.39, 0.29) is 37.7 Å². The zero-order chi connectivity index (χ0) is 20.5. The number of amides is 2. The first kappa shape index (κ1) is 19.0. The van der Waals surface area contributed by atoms with Crippen LogP contribution in [0.15, 0.2) is 48.5 Å². The number of nitrogens with zero attached hydrogens (tertiary/aromatic N) is 2. The van der Waals surface area contributed by atoms with Gasteiger partial charge < -0.3 is 19.6 Å². The van der Waals surface area contributed by atoms with Gasteiger partial charge in [0.15, 0.2) is 6.10 Å². The Bertz CT molecular complexity index is 973. The topological polar surface area (TPSA) is 87.2 Å². The Morgan fingerprint density at radius 2 is 1.79 bits per heavy atom. The molecule has 0 aliphatic carbocycles. The minimum Gasteiger partial charge on any atom is -0.480 e. The molecule has 0 unspecified atom stereocenters. The van der Waals surface area contributed by atoms with E-state index in [1.807, 2.05) is 36.4 Å². The van der Waals surface area contributed by atoms with Crippen LogP contribution in [0.1, 0.15) is 24.5 Å². The maximum absolute atomic E-state index is 13.0. The smallest absolute Gasteiger partial charge is 0.326 e. The van der Waals surface area contributed by atoms with Crippen LogP contribution in [0.3, 0.4) is 0 Å². The molecule has 0 fully saturated rings. The largest absolute Gasteiger partial charge is 0.480 e. The molecule has 150 valence electrons. The van der Waals surface area contributed by atoms with E-state index in [0.29, 0.717) is 11.4 Å². The maximum Gasteiger partial charge on any atom is 0.326 e. The molecular weight excluding hydrogens is 372 g/mol. The molecule has 0 radical (unpaired) electrons. The summed E-state index contributed by atoms with van der Waals surface area (Å²) in [5.41, 5.74) is 2.54. The number of para-hydroxylation sites is 2. The number of carboxylic acid groups (broad SMARTS) is 1. The van der Waals surface area contributed by atoms with Gasteiger partial charge in [-0.05, 0) is 30.2 Å². The molecule has 7 heteroatoms. The highest BCUT2D eigenvalue weighted by molar-refractivity contribution is 6.00. The van der Waals surface area contributed by atoms with E-state index in [2.05, 4.69) is 0 Å². The van der Waals surface area contributed by atoms with Gasteiger partial charge >= 0.3 is 5.97 Å². The molecule has 1 N–H and O–H groups in total. The van der Waals surface area contributed by atoms with E-state index in [9.17, 15) is 19.5 Å². The molecule has 29 heavy (non-hydrogen) atoms. The zero-order valence-corrected chi connectivity index (χ0v) is 16.1. The molecule has 0 aromatic heterocycles. The molecule has 7 nitrogen and oxygen atoms in total. The molecule has 2 aromatic carbocycles. The van der Waals surface area contributed by atoms with Gasteiger partial charge in [0.25, 0.3) is 5.91 Å². The fraction of sp³-hybridized carbons (Fsp3) is 0.318. The summed E-state index contributed by atoms with van der Waals surface area (Å²) in [6.07, 6.45) is -0.305. The van der Waals surface area contributed by atoms with Crippen LogP contribution in [0.25, 0.3) is 0 Å². The Hall–Kier alpha value is -3.35. The van der Waals surface area contributed by atoms with E-state index in [1.54, 1.807) is 24.0 Å². The van der Waals surface area contributed by atoms with E-state index in [0.717, 1.165) is 11.1 Å². The average Bonchev–Trinajstić information content (AvgIpc) is 2.73. The van der Waals surface area contributed by atoms with Crippen molar-refractivity contribution in [2.45, 2.75) is 38.5 Å². The van der Waals surface area contributed by atoms with Crippen molar-refractivity contribution in [2.75, 3.05) is 11.4 Å². The van der Waals surface area contributed by atoms with Crippen molar-refractivity contribution in [3.05, 3.63) is 59.7 Å². The van der Waals surface area contributed by atoms with Crippen LogP contribution >= 0.6 is 0 Å². The summed E-state index contributed by atoms with van der Waals surface area (Å²) in [5, 5.41) is 9.63. The minimum absolute atomic E-state index is 0.0404. The van der Waals surface area contributed by atoms with Gasteiger partial charge in [-0.1, -0.05) is 36.4 Å². The van der Waals surface area contributed by atoms with Crippen molar-refractivity contribution in [3.63, 3.8) is 0 Å². The summed E-state index contributed by atoms with van der Waals surface area (Å²) in [4.78, 5) is 40.3. The summed E-state index contributed by atoms with van der Waals surface area (Å²) in [6, 6.07) is 13.9. The molecule has 2 aliphatic rings. The van der Waals surface area contributed by atoms with E-state index >= 15 is 0 Å². The second kappa shape index (κ2) is 7.58. The Morgan fingerprint density at radius 3 is 2.55 bits per heavy atom. The zero-order valence-electron chi connectivity index (χ0n) is 16.1. The van der Waals surface area contributed by atoms with E-state index in [1.165, 1.54) is 4.90 Å². The van der Waals surface area contributed by atoms with Crippen molar-refractivity contribution < 1.29 is 24.2 Å². The highest BCUT2D eigenvalue weighted by Gasteiger charge is 2.36. The predicted octanol–water partition coefficient (Wildman–Crippen LogP) is 2.23. The van der Waals surface area contributed by atoms with Crippen LogP contribution in [-0.4, -0.2) is 46.5 Å². The number of hydrogen-bond donors (Lipinski definition) is 1. The quantitative estimate of drug-likeness (QED) is 0.859. The van der Waals surface area contributed by atoms with E-state index < -0.39 is 18.1 Å². The Balaban J connectivity index is 1.52. The molecule has 2 atom stereocenters. The van der Waals surface area contributed by atoms with Crippen molar-refractivity contribution in [3.8, 4) is 5.75 Å². The number of rotatable bonds is 4. The van der Waals surface area contributed by atoms with Crippen molar-refractivity contribution in [1.29, 1.82) is 0 Å². The second-order valence-corrected chi connectivity index (χ2v) is 7.32. The number of carbonyl (C=O) groups excluding carboxylic acids is 2. The molecular formula is C22H22N2O5. The molecule has 0 saturated carbocycles. The predicted molar refractivity (Wildman–Crippen MR) is 106 cm³/mol. The van der Waals surface area contributed by atoms with Gasteiger partial charge in [0, 0.05) is 25.9 Å². The third-order valence-corrected chi connectivity index (χ3v) is 5.48. The monoisotopic (exact) mass is 394 g/mol. The molecule has 0 saturated heterocycles. The Labute approximate surface area is 168 Å². The van der Waals surface area contributed by atoms with Crippen LogP contribution in [0.5, 0.6) is 5.75 Å². The SMILES string of the molecule is C[C@@H]1Oc2ccccc2N(CCC(=O)N2Cc3ccccc3C[C@H]2C(=O)O)C1=O. The molecule has 0 bridgehead atoms. The number of fused-ring (bicyclic) bond motifs is 2. The number of carbonyl (C=O) groups is 3. The number of carboxylic acids is 1. The number of hydrogen-bond acceptors (Lipinski definition) is 4. The fourth-order valence-electron chi connectivity index (χ4n) is 3.95. The molecule has 0 spiro atoms. The molecule has 4 rings (SSSR count). The normalized spacial score (nSPS) is 20.5. The van der Waals surface area contributed by atoms with Crippen LogP contribution in [0, 0.1) is 0 Å². The molecule has 2 aromatic rings. The first-order chi connectivity index (χ1) is 14.0. The summed E-state index contributed by atoms with van der Waals surface area (Å²) >= 11 is 0.